The lowest BCUT2D eigenvalue weighted by Gasteiger charge is -2.21. The van der Waals surface area contributed by atoms with E-state index >= 15 is 0 Å². The van der Waals surface area contributed by atoms with Crippen molar-refractivity contribution in [1.82, 2.24) is 0 Å². The van der Waals surface area contributed by atoms with Crippen molar-refractivity contribution in [2.24, 2.45) is 5.92 Å². The first-order valence-corrected chi connectivity index (χ1v) is 6.02. The van der Waals surface area contributed by atoms with E-state index in [0.29, 0.717) is 0 Å². The lowest BCUT2D eigenvalue weighted by molar-refractivity contribution is -0.145. The van der Waals surface area contributed by atoms with Crippen LogP contribution in [0.2, 0.25) is 0 Å². The summed E-state index contributed by atoms with van der Waals surface area (Å²) in [5.74, 6) is -0.344. The molecule has 0 saturated carbocycles. The molecule has 0 aromatic heterocycles. The number of aryl methyl sites for hydroxylation is 1. The van der Waals surface area contributed by atoms with E-state index in [9.17, 15) is 4.79 Å². The van der Waals surface area contributed by atoms with Crippen LogP contribution in [0.3, 0.4) is 0 Å². The number of benzene rings is 1. The van der Waals surface area contributed by atoms with Gasteiger partial charge in [0.15, 0.2) is 0 Å². The van der Waals surface area contributed by atoms with Gasteiger partial charge < -0.3 is 10.1 Å². The Hall–Kier alpha value is -1.51. The molecule has 3 nitrogen and oxygen atoms in total. The van der Waals surface area contributed by atoms with E-state index in [4.69, 9.17) is 4.74 Å². The number of hydrogen-bond acceptors (Lipinski definition) is 3. The van der Waals surface area contributed by atoms with Gasteiger partial charge in [0.25, 0.3) is 0 Å². The molecular formula is C14H21NO2. The quantitative estimate of drug-likeness (QED) is 0.797. The van der Waals surface area contributed by atoms with Gasteiger partial charge in [-0.1, -0.05) is 25.1 Å². The van der Waals surface area contributed by atoms with Crippen LogP contribution in [0, 0.1) is 5.92 Å². The molecule has 17 heavy (non-hydrogen) atoms. The largest absolute Gasteiger partial charge is 0.469 e. The fourth-order valence-corrected chi connectivity index (χ4v) is 1.73. The molecule has 0 fully saturated rings. The van der Waals surface area contributed by atoms with Crippen LogP contribution in [0.15, 0.2) is 24.3 Å². The van der Waals surface area contributed by atoms with Crippen LogP contribution < -0.4 is 5.32 Å². The van der Waals surface area contributed by atoms with Gasteiger partial charge in [-0.2, -0.15) is 0 Å². The molecule has 1 aromatic carbocycles. The maximum absolute atomic E-state index is 11.4. The van der Waals surface area contributed by atoms with Crippen LogP contribution >= 0.6 is 0 Å². The molecule has 0 spiro atoms. The minimum Gasteiger partial charge on any atom is -0.469 e. The molecule has 1 rings (SSSR count). The van der Waals surface area contributed by atoms with Crippen LogP contribution in [-0.4, -0.2) is 19.1 Å². The molecular weight excluding hydrogens is 214 g/mol. The van der Waals surface area contributed by atoms with Gasteiger partial charge in [-0.05, 0) is 31.9 Å². The molecule has 0 aliphatic heterocycles. The van der Waals surface area contributed by atoms with Crippen molar-refractivity contribution >= 4 is 11.7 Å². The van der Waals surface area contributed by atoms with Crippen LogP contribution in [0.5, 0.6) is 0 Å². The van der Waals surface area contributed by atoms with Crippen molar-refractivity contribution in [3.05, 3.63) is 29.8 Å². The summed E-state index contributed by atoms with van der Waals surface area (Å²) in [5.41, 5.74) is 2.36. The number of nitrogens with one attached hydrogen (secondary N) is 1. The number of carbonyl (C=O) groups is 1. The standard InChI is InChI=1S/C14H21NO2/c1-5-12-8-6-7-9-13(12)15-11(3)10(2)14(16)17-4/h6-11,15H,5H2,1-4H3. The van der Waals surface area contributed by atoms with Gasteiger partial charge in [0, 0.05) is 11.7 Å². The van der Waals surface area contributed by atoms with Gasteiger partial charge in [-0.15, -0.1) is 0 Å². The van der Waals surface area contributed by atoms with E-state index < -0.39 is 0 Å². The third-order valence-electron chi connectivity index (χ3n) is 3.10. The molecule has 3 heteroatoms. The fourth-order valence-electron chi connectivity index (χ4n) is 1.73. The minimum absolute atomic E-state index is 0.0511. The maximum Gasteiger partial charge on any atom is 0.310 e. The molecule has 0 amide bonds. The van der Waals surface area contributed by atoms with Crippen LogP contribution in [0.1, 0.15) is 26.3 Å². The molecule has 2 atom stereocenters. The number of ether oxygens (including phenoxy) is 1. The predicted octanol–water partition coefficient (Wildman–Crippen LogP) is 2.86. The molecule has 0 heterocycles. The average Bonchev–Trinajstić information content (AvgIpc) is 2.37. The number of carbonyl (C=O) groups excluding carboxylic acids is 1. The van der Waals surface area contributed by atoms with Crippen LogP contribution in [-0.2, 0) is 16.0 Å². The molecule has 1 aromatic rings. The third kappa shape index (κ3) is 3.48. The van der Waals surface area contributed by atoms with E-state index in [1.807, 2.05) is 32.0 Å². The van der Waals surface area contributed by atoms with E-state index in [2.05, 4.69) is 18.3 Å². The van der Waals surface area contributed by atoms with Crippen molar-refractivity contribution in [2.45, 2.75) is 33.2 Å². The summed E-state index contributed by atoms with van der Waals surface area (Å²) in [6.07, 6.45) is 0.975. The highest BCUT2D eigenvalue weighted by molar-refractivity contribution is 5.73. The SMILES string of the molecule is CCc1ccccc1NC(C)C(C)C(=O)OC. The molecule has 0 radical (unpaired) electrons. The smallest absolute Gasteiger partial charge is 0.310 e. The first-order valence-electron chi connectivity index (χ1n) is 6.02. The summed E-state index contributed by atoms with van der Waals surface area (Å²) in [5, 5.41) is 3.38. The Morgan fingerprint density at radius 3 is 2.59 bits per heavy atom. The highest BCUT2D eigenvalue weighted by Crippen LogP contribution is 2.19. The summed E-state index contributed by atoms with van der Waals surface area (Å²) >= 11 is 0. The fraction of sp³-hybridized carbons (Fsp3) is 0.500. The zero-order valence-corrected chi connectivity index (χ0v) is 11.0. The van der Waals surface area contributed by atoms with Gasteiger partial charge >= 0.3 is 5.97 Å². The van der Waals surface area contributed by atoms with Crippen molar-refractivity contribution in [1.29, 1.82) is 0 Å². The first kappa shape index (κ1) is 13.6. The highest BCUT2D eigenvalue weighted by atomic mass is 16.5. The van der Waals surface area contributed by atoms with E-state index in [0.717, 1.165) is 12.1 Å². The number of anilines is 1. The second kappa shape index (κ2) is 6.28. The van der Waals surface area contributed by atoms with Gasteiger partial charge in [0.2, 0.25) is 0 Å². The number of methoxy groups -OCH3 is 1. The van der Waals surface area contributed by atoms with Gasteiger partial charge in [0.1, 0.15) is 0 Å². The number of rotatable bonds is 5. The number of hydrogen-bond donors (Lipinski definition) is 1. The Morgan fingerprint density at radius 1 is 1.35 bits per heavy atom. The Morgan fingerprint density at radius 2 is 2.00 bits per heavy atom. The van der Waals surface area contributed by atoms with Crippen LogP contribution in [0.4, 0.5) is 5.69 Å². The molecule has 0 aliphatic rings. The van der Waals surface area contributed by atoms with Crippen LogP contribution in [0.25, 0.3) is 0 Å². The second-order valence-electron chi connectivity index (χ2n) is 4.26. The monoisotopic (exact) mass is 235 g/mol. The zero-order valence-electron chi connectivity index (χ0n) is 11.0. The normalized spacial score (nSPS) is 13.9. The highest BCUT2D eigenvalue weighted by Gasteiger charge is 2.20. The summed E-state index contributed by atoms with van der Waals surface area (Å²) in [6.45, 7) is 5.99. The number of esters is 1. The summed E-state index contributed by atoms with van der Waals surface area (Å²) < 4.78 is 4.75. The minimum atomic E-state index is -0.182. The van der Waals surface area contributed by atoms with E-state index in [-0.39, 0.29) is 17.9 Å². The summed E-state index contributed by atoms with van der Waals surface area (Å²) in [4.78, 5) is 11.4. The average molecular weight is 235 g/mol. The Labute approximate surface area is 103 Å². The summed E-state index contributed by atoms with van der Waals surface area (Å²) in [6, 6.07) is 8.21. The van der Waals surface area contributed by atoms with Crippen molar-refractivity contribution in [2.75, 3.05) is 12.4 Å². The second-order valence-corrected chi connectivity index (χ2v) is 4.26. The Kier molecular flexibility index (Phi) is 5.01. The molecule has 0 saturated heterocycles. The Bertz CT molecular complexity index is 376. The first-order chi connectivity index (χ1) is 8.10. The number of para-hydroxylation sites is 1. The molecule has 94 valence electrons. The van der Waals surface area contributed by atoms with E-state index in [1.165, 1.54) is 12.7 Å². The molecule has 1 N–H and O–H groups in total. The molecule has 2 unspecified atom stereocenters. The van der Waals surface area contributed by atoms with Crippen molar-refractivity contribution in [3.8, 4) is 0 Å². The van der Waals surface area contributed by atoms with Crippen molar-refractivity contribution < 1.29 is 9.53 Å². The topological polar surface area (TPSA) is 38.3 Å². The Balaban J connectivity index is 2.73. The predicted molar refractivity (Wildman–Crippen MR) is 70.1 cm³/mol. The van der Waals surface area contributed by atoms with Gasteiger partial charge in [0.05, 0.1) is 13.0 Å². The maximum atomic E-state index is 11.4. The van der Waals surface area contributed by atoms with Crippen molar-refractivity contribution in [3.63, 3.8) is 0 Å². The third-order valence-corrected chi connectivity index (χ3v) is 3.10. The van der Waals surface area contributed by atoms with Gasteiger partial charge in [-0.25, -0.2) is 0 Å². The zero-order chi connectivity index (χ0) is 12.8. The lowest BCUT2D eigenvalue weighted by atomic mass is 10.0. The molecule has 0 bridgehead atoms. The molecule has 0 aliphatic carbocycles. The van der Waals surface area contributed by atoms with Gasteiger partial charge in [-0.3, -0.25) is 4.79 Å². The summed E-state index contributed by atoms with van der Waals surface area (Å²) in [7, 11) is 1.42. The van der Waals surface area contributed by atoms with E-state index in [1.54, 1.807) is 0 Å². The lowest BCUT2D eigenvalue weighted by Crippen LogP contribution is -2.31.